The molecule has 0 heterocycles. The lowest BCUT2D eigenvalue weighted by atomic mass is 9.93. The van der Waals surface area contributed by atoms with Crippen LogP contribution in [0.3, 0.4) is 0 Å². The van der Waals surface area contributed by atoms with Crippen molar-refractivity contribution in [2.24, 2.45) is 0 Å². The lowest BCUT2D eigenvalue weighted by Gasteiger charge is -2.11. The van der Waals surface area contributed by atoms with Crippen LogP contribution in [0, 0.1) is 5.82 Å². The molecule has 2 heteroatoms. The second-order valence-corrected chi connectivity index (χ2v) is 4.86. The molecule has 1 nitrogen and oxygen atoms in total. The van der Waals surface area contributed by atoms with Gasteiger partial charge in [-0.1, -0.05) is 49.4 Å². The summed E-state index contributed by atoms with van der Waals surface area (Å²) in [5.41, 5.74) is 2.04. The van der Waals surface area contributed by atoms with Crippen molar-refractivity contribution in [1.29, 1.82) is 0 Å². The molecule has 2 rings (SSSR count). The summed E-state index contributed by atoms with van der Waals surface area (Å²) in [7, 11) is 0. The summed E-state index contributed by atoms with van der Waals surface area (Å²) in [6, 6.07) is 16.1. The molecular formula is C17H17FO. The number of rotatable bonds is 5. The number of hydrogen-bond donors (Lipinski definition) is 0. The number of hydrogen-bond acceptors (Lipinski definition) is 1. The summed E-state index contributed by atoms with van der Waals surface area (Å²) >= 11 is 0. The molecule has 0 saturated carbocycles. The molecule has 0 bridgehead atoms. The summed E-state index contributed by atoms with van der Waals surface area (Å²) in [6.07, 6.45) is 0.951. The first kappa shape index (κ1) is 13.5. The third-order valence-electron chi connectivity index (χ3n) is 3.22. The highest BCUT2D eigenvalue weighted by Crippen LogP contribution is 2.20. The topological polar surface area (TPSA) is 17.1 Å². The minimum atomic E-state index is -0.244. The van der Waals surface area contributed by atoms with Crippen molar-refractivity contribution >= 4 is 5.78 Å². The van der Waals surface area contributed by atoms with Gasteiger partial charge in [-0.15, -0.1) is 0 Å². The molecule has 0 aliphatic carbocycles. The van der Waals surface area contributed by atoms with Gasteiger partial charge < -0.3 is 0 Å². The first-order valence-electron chi connectivity index (χ1n) is 6.46. The fraction of sp³-hybridized carbons (Fsp3) is 0.235. The molecule has 1 atom stereocenters. The van der Waals surface area contributed by atoms with Crippen LogP contribution in [0.5, 0.6) is 0 Å². The van der Waals surface area contributed by atoms with Gasteiger partial charge in [0.1, 0.15) is 11.6 Å². The van der Waals surface area contributed by atoms with Crippen molar-refractivity contribution in [2.45, 2.75) is 25.7 Å². The molecule has 0 unspecified atom stereocenters. The van der Waals surface area contributed by atoms with Crippen LogP contribution in [0.25, 0.3) is 0 Å². The van der Waals surface area contributed by atoms with Crippen LogP contribution in [0.2, 0.25) is 0 Å². The molecule has 0 radical (unpaired) electrons. The van der Waals surface area contributed by atoms with Crippen molar-refractivity contribution in [3.63, 3.8) is 0 Å². The van der Waals surface area contributed by atoms with Crippen LogP contribution >= 0.6 is 0 Å². The normalized spacial score (nSPS) is 12.1. The van der Waals surface area contributed by atoms with Crippen molar-refractivity contribution < 1.29 is 9.18 Å². The molecule has 2 aromatic carbocycles. The molecular weight excluding hydrogens is 239 g/mol. The Balaban J connectivity index is 1.93. The molecule has 0 N–H and O–H groups in total. The summed E-state index contributed by atoms with van der Waals surface area (Å²) in [6.45, 7) is 2.00. The third-order valence-corrected chi connectivity index (χ3v) is 3.22. The Morgan fingerprint density at radius 3 is 2.32 bits per heavy atom. The molecule has 0 amide bonds. The molecule has 2 aromatic rings. The van der Waals surface area contributed by atoms with E-state index in [1.54, 1.807) is 12.1 Å². The lowest BCUT2D eigenvalue weighted by molar-refractivity contribution is -0.118. The fourth-order valence-electron chi connectivity index (χ4n) is 2.15. The van der Waals surface area contributed by atoms with E-state index < -0.39 is 0 Å². The maximum atomic E-state index is 12.8. The number of halogens is 1. The zero-order valence-electron chi connectivity index (χ0n) is 11.0. The number of carbonyl (C=O) groups is 1. The zero-order valence-corrected chi connectivity index (χ0v) is 11.0. The Morgan fingerprint density at radius 2 is 1.68 bits per heavy atom. The van der Waals surface area contributed by atoms with Crippen LogP contribution < -0.4 is 0 Å². The van der Waals surface area contributed by atoms with E-state index in [9.17, 15) is 9.18 Å². The summed E-state index contributed by atoms with van der Waals surface area (Å²) in [5.74, 6) is 0.0893. The van der Waals surface area contributed by atoms with Gasteiger partial charge in [0.05, 0.1) is 0 Å². The average molecular weight is 256 g/mol. The predicted molar refractivity (Wildman–Crippen MR) is 74.6 cm³/mol. The van der Waals surface area contributed by atoms with E-state index in [-0.39, 0.29) is 17.5 Å². The quantitative estimate of drug-likeness (QED) is 0.786. The van der Waals surface area contributed by atoms with Crippen molar-refractivity contribution in [2.75, 3.05) is 0 Å². The highest BCUT2D eigenvalue weighted by Gasteiger charge is 2.11. The fourth-order valence-corrected chi connectivity index (χ4v) is 2.15. The summed E-state index contributed by atoms with van der Waals surface area (Å²) in [5, 5.41) is 0. The number of ketones is 1. The minimum Gasteiger partial charge on any atom is -0.299 e. The van der Waals surface area contributed by atoms with Crippen LogP contribution in [0.1, 0.15) is 30.4 Å². The van der Waals surface area contributed by atoms with Gasteiger partial charge in [-0.3, -0.25) is 4.79 Å². The number of benzene rings is 2. The Hall–Kier alpha value is -1.96. The summed E-state index contributed by atoms with van der Waals surface area (Å²) in [4.78, 5) is 12.0. The minimum absolute atomic E-state index is 0.122. The highest BCUT2D eigenvalue weighted by molar-refractivity contribution is 5.81. The zero-order chi connectivity index (χ0) is 13.7. The van der Waals surface area contributed by atoms with Crippen LogP contribution in [-0.4, -0.2) is 5.78 Å². The van der Waals surface area contributed by atoms with Crippen LogP contribution in [-0.2, 0) is 11.2 Å². The van der Waals surface area contributed by atoms with E-state index in [0.717, 1.165) is 11.1 Å². The van der Waals surface area contributed by atoms with Gasteiger partial charge in [0.15, 0.2) is 0 Å². The molecule has 0 aromatic heterocycles. The Kier molecular flexibility index (Phi) is 4.45. The van der Waals surface area contributed by atoms with Crippen molar-refractivity contribution in [1.82, 2.24) is 0 Å². The maximum Gasteiger partial charge on any atom is 0.137 e. The van der Waals surface area contributed by atoms with Crippen LogP contribution in [0.15, 0.2) is 54.6 Å². The van der Waals surface area contributed by atoms with Gasteiger partial charge in [0.25, 0.3) is 0 Å². The Labute approximate surface area is 113 Å². The van der Waals surface area contributed by atoms with E-state index in [1.807, 2.05) is 37.3 Å². The first-order chi connectivity index (χ1) is 9.15. The molecule has 0 spiro atoms. The third kappa shape index (κ3) is 4.02. The van der Waals surface area contributed by atoms with Gasteiger partial charge in [0, 0.05) is 12.8 Å². The molecule has 0 saturated heterocycles. The maximum absolute atomic E-state index is 12.8. The van der Waals surface area contributed by atoms with Crippen LogP contribution in [0.4, 0.5) is 4.39 Å². The molecule has 0 aliphatic heterocycles. The van der Waals surface area contributed by atoms with Gasteiger partial charge in [0.2, 0.25) is 0 Å². The highest BCUT2D eigenvalue weighted by atomic mass is 19.1. The Bertz CT molecular complexity index is 531. The monoisotopic (exact) mass is 256 g/mol. The predicted octanol–water partition coefficient (Wildman–Crippen LogP) is 4.13. The standard InChI is InChI=1S/C17H17FO/c1-13(15-7-9-16(18)10-8-15)11-17(19)12-14-5-3-2-4-6-14/h2-10,13H,11-12H2,1H3/t13-/m1/s1. The van der Waals surface area contributed by atoms with E-state index in [2.05, 4.69) is 0 Å². The number of carbonyl (C=O) groups excluding carboxylic acids is 1. The second-order valence-electron chi connectivity index (χ2n) is 4.86. The molecule has 98 valence electrons. The van der Waals surface area contributed by atoms with Crippen molar-refractivity contribution in [3.8, 4) is 0 Å². The number of Topliss-reactive ketones (excluding diaryl/α,β-unsaturated/α-hetero) is 1. The van der Waals surface area contributed by atoms with Gasteiger partial charge in [-0.25, -0.2) is 4.39 Å². The summed E-state index contributed by atoms with van der Waals surface area (Å²) < 4.78 is 12.8. The van der Waals surface area contributed by atoms with Crippen molar-refractivity contribution in [3.05, 3.63) is 71.5 Å². The molecule has 0 fully saturated rings. The van der Waals surface area contributed by atoms with Gasteiger partial charge in [-0.2, -0.15) is 0 Å². The first-order valence-corrected chi connectivity index (χ1v) is 6.46. The van der Waals surface area contributed by atoms with E-state index in [0.29, 0.717) is 12.8 Å². The van der Waals surface area contributed by atoms with E-state index in [1.165, 1.54) is 12.1 Å². The smallest absolute Gasteiger partial charge is 0.137 e. The van der Waals surface area contributed by atoms with Gasteiger partial charge in [-0.05, 0) is 29.2 Å². The SMILES string of the molecule is C[C@H](CC(=O)Cc1ccccc1)c1ccc(F)cc1. The van der Waals surface area contributed by atoms with E-state index >= 15 is 0 Å². The molecule has 0 aliphatic rings. The Morgan fingerprint density at radius 1 is 1.05 bits per heavy atom. The lowest BCUT2D eigenvalue weighted by Crippen LogP contribution is -2.07. The van der Waals surface area contributed by atoms with E-state index in [4.69, 9.17) is 0 Å². The second kappa shape index (κ2) is 6.28. The molecule has 19 heavy (non-hydrogen) atoms. The largest absolute Gasteiger partial charge is 0.299 e. The average Bonchev–Trinajstić information content (AvgIpc) is 2.40. The van der Waals surface area contributed by atoms with Gasteiger partial charge >= 0.3 is 0 Å².